The Kier molecular flexibility index (Phi) is 7.90. The van der Waals surface area contributed by atoms with E-state index in [-0.39, 0.29) is 23.9 Å². The molecule has 1 amide bonds. The van der Waals surface area contributed by atoms with Crippen LogP contribution in [0.15, 0.2) is 0 Å². The summed E-state index contributed by atoms with van der Waals surface area (Å²) in [5.41, 5.74) is 3.25. The van der Waals surface area contributed by atoms with Gasteiger partial charge >= 0.3 is 5.97 Å². The molecule has 1 N–H and O–H groups in total. The highest BCUT2D eigenvalue weighted by molar-refractivity contribution is 5.90. The Hall–Kier alpha value is -1.82. The van der Waals surface area contributed by atoms with Crippen molar-refractivity contribution in [2.45, 2.75) is 73.0 Å². The minimum Gasteiger partial charge on any atom is -0.461 e. The van der Waals surface area contributed by atoms with Gasteiger partial charge in [-0.15, -0.1) is 0 Å². The number of aryl methyl sites for hydroxylation is 1. The first-order chi connectivity index (χ1) is 12.9. The number of aromatic amines is 1. The van der Waals surface area contributed by atoms with E-state index in [0.29, 0.717) is 25.4 Å². The van der Waals surface area contributed by atoms with Crippen molar-refractivity contribution in [3.05, 3.63) is 22.5 Å². The lowest BCUT2D eigenvalue weighted by Crippen LogP contribution is -2.40. The number of nitrogens with zero attached hydrogens (tertiary/aromatic N) is 1. The van der Waals surface area contributed by atoms with Gasteiger partial charge in [-0.3, -0.25) is 4.79 Å². The molecule has 2 heterocycles. The molecule has 0 aromatic carbocycles. The zero-order valence-corrected chi connectivity index (χ0v) is 17.4. The van der Waals surface area contributed by atoms with E-state index in [1.807, 2.05) is 18.7 Å². The molecular formula is C21H34N2O4. The van der Waals surface area contributed by atoms with Gasteiger partial charge in [-0.1, -0.05) is 13.8 Å². The molecule has 0 aliphatic carbocycles. The van der Waals surface area contributed by atoms with Crippen LogP contribution in [0, 0.1) is 19.8 Å². The number of hydrogen-bond acceptors (Lipinski definition) is 4. The highest BCUT2D eigenvalue weighted by Gasteiger charge is 2.28. The van der Waals surface area contributed by atoms with Gasteiger partial charge in [-0.05, 0) is 57.6 Å². The lowest BCUT2D eigenvalue weighted by Gasteiger charge is -2.29. The molecule has 1 fully saturated rings. The fourth-order valence-electron chi connectivity index (χ4n) is 3.79. The molecule has 27 heavy (non-hydrogen) atoms. The fraction of sp³-hybridized carbons (Fsp3) is 0.714. The molecule has 1 aliphatic rings. The summed E-state index contributed by atoms with van der Waals surface area (Å²) >= 11 is 0. The predicted octanol–water partition coefficient (Wildman–Crippen LogP) is 3.75. The van der Waals surface area contributed by atoms with Crippen LogP contribution >= 0.6 is 0 Å². The zero-order chi connectivity index (χ0) is 20.0. The third-order valence-corrected chi connectivity index (χ3v) is 5.52. The Morgan fingerprint density at radius 2 is 1.96 bits per heavy atom. The van der Waals surface area contributed by atoms with Crippen molar-refractivity contribution >= 4 is 11.9 Å². The zero-order valence-electron chi connectivity index (χ0n) is 17.4. The summed E-state index contributed by atoms with van der Waals surface area (Å²) in [7, 11) is 0. The van der Waals surface area contributed by atoms with Crippen molar-refractivity contribution in [2.75, 3.05) is 19.8 Å². The molecule has 0 saturated carbocycles. The number of H-pyrrole nitrogens is 1. The number of carbonyl (C=O) groups is 2. The van der Waals surface area contributed by atoms with Gasteiger partial charge in [0.05, 0.1) is 12.7 Å². The number of amides is 1. The molecule has 1 aromatic heterocycles. The molecule has 0 bridgehead atoms. The van der Waals surface area contributed by atoms with Crippen LogP contribution in [0.3, 0.4) is 0 Å². The Morgan fingerprint density at radius 3 is 2.52 bits per heavy atom. The van der Waals surface area contributed by atoms with Crippen LogP contribution < -0.4 is 0 Å². The quantitative estimate of drug-likeness (QED) is 0.664. The molecule has 1 aromatic rings. The number of rotatable bonds is 9. The maximum Gasteiger partial charge on any atom is 0.355 e. The summed E-state index contributed by atoms with van der Waals surface area (Å²) in [5.74, 6) is -0.148. The van der Waals surface area contributed by atoms with Gasteiger partial charge < -0.3 is 19.4 Å². The molecule has 152 valence electrons. The van der Waals surface area contributed by atoms with E-state index in [2.05, 4.69) is 18.8 Å². The lowest BCUT2D eigenvalue weighted by atomic mass is 10.0. The summed E-state index contributed by atoms with van der Waals surface area (Å²) in [6.07, 6.45) is 3.80. The van der Waals surface area contributed by atoms with Gasteiger partial charge in [0.15, 0.2) is 0 Å². The van der Waals surface area contributed by atoms with E-state index in [1.165, 1.54) is 0 Å². The van der Waals surface area contributed by atoms with E-state index < -0.39 is 0 Å². The molecule has 1 saturated heterocycles. The lowest BCUT2D eigenvalue weighted by molar-refractivity contribution is -0.138. The maximum absolute atomic E-state index is 13.1. The molecule has 1 unspecified atom stereocenters. The Labute approximate surface area is 162 Å². The van der Waals surface area contributed by atoms with E-state index in [0.717, 1.165) is 49.1 Å². The minimum atomic E-state index is -0.346. The number of aromatic nitrogens is 1. The topological polar surface area (TPSA) is 71.6 Å². The first-order valence-electron chi connectivity index (χ1n) is 10.2. The average molecular weight is 379 g/mol. The van der Waals surface area contributed by atoms with E-state index in [1.54, 1.807) is 6.92 Å². The molecule has 6 nitrogen and oxygen atoms in total. The summed E-state index contributed by atoms with van der Waals surface area (Å²) in [4.78, 5) is 30.4. The van der Waals surface area contributed by atoms with Crippen LogP contribution in [0.4, 0.5) is 0 Å². The smallest absolute Gasteiger partial charge is 0.355 e. The summed E-state index contributed by atoms with van der Waals surface area (Å²) in [6, 6.07) is 0. The van der Waals surface area contributed by atoms with Gasteiger partial charge in [-0.2, -0.15) is 0 Å². The monoisotopic (exact) mass is 378 g/mol. The summed E-state index contributed by atoms with van der Waals surface area (Å²) in [5, 5.41) is 0. The summed E-state index contributed by atoms with van der Waals surface area (Å²) < 4.78 is 10.9. The largest absolute Gasteiger partial charge is 0.461 e. The van der Waals surface area contributed by atoms with E-state index in [9.17, 15) is 9.59 Å². The molecule has 0 spiro atoms. The Morgan fingerprint density at radius 1 is 1.26 bits per heavy atom. The first-order valence-corrected chi connectivity index (χ1v) is 10.2. The minimum absolute atomic E-state index is 0.0236. The number of nitrogens with one attached hydrogen (secondary N) is 1. The maximum atomic E-state index is 13.1. The van der Waals surface area contributed by atoms with Gasteiger partial charge in [0.1, 0.15) is 5.69 Å². The predicted molar refractivity (Wildman–Crippen MR) is 105 cm³/mol. The van der Waals surface area contributed by atoms with Gasteiger partial charge in [0, 0.05) is 31.3 Å². The molecule has 0 radical (unpaired) electrons. The molecule has 2 rings (SSSR count). The second-order valence-corrected chi connectivity index (χ2v) is 7.32. The second-order valence-electron chi connectivity index (χ2n) is 7.32. The third-order valence-electron chi connectivity index (χ3n) is 5.52. The SMILES string of the molecule is CCOC(=O)c1[nH]c(C)c(CN(CC2CCCO2)C(=O)C(CC)CC)c1C. The van der Waals surface area contributed by atoms with E-state index >= 15 is 0 Å². The highest BCUT2D eigenvalue weighted by atomic mass is 16.5. The van der Waals surface area contributed by atoms with Crippen molar-refractivity contribution in [2.24, 2.45) is 5.92 Å². The number of hydrogen-bond donors (Lipinski definition) is 1. The first kappa shape index (κ1) is 21.5. The van der Waals surface area contributed by atoms with Crippen molar-refractivity contribution in [3.63, 3.8) is 0 Å². The number of ether oxygens (including phenoxy) is 2. The van der Waals surface area contributed by atoms with E-state index in [4.69, 9.17) is 9.47 Å². The highest BCUT2D eigenvalue weighted by Crippen LogP contribution is 2.24. The average Bonchev–Trinajstić information content (AvgIpc) is 3.25. The van der Waals surface area contributed by atoms with Crippen LogP contribution in [0.25, 0.3) is 0 Å². The standard InChI is InChI=1S/C21H34N2O4/c1-6-16(7-2)20(24)23(12-17-10-9-11-27-17)13-18-14(4)19(22-15(18)5)21(25)26-8-3/h16-17,22H,6-13H2,1-5H3. The van der Waals surface area contributed by atoms with Gasteiger partial charge in [0.25, 0.3) is 0 Å². The normalized spacial score (nSPS) is 16.7. The fourth-order valence-corrected chi connectivity index (χ4v) is 3.79. The van der Waals surface area contributed by atoms with Crippen molar-refractivity contribution < 1.29 is 19.1 Å². The van der Waals surface area contributed by atoms with Crippen LogP contribution in [0.5, 0.6) is 0 Å². The molecule has 1 aliphatic heterocycles. The number of carbonyl (C=O) groups excluding carboxylic acids is 2. The Bertz CT molecular complexity index is 643. The van der Waals surface area contributed by atoms with Crippen LogP contribution in [0.1, 0.15) is 73.8 Å². The molecule has 1 atom stereocenters. The molecular weight excluding hydrogens is 344 g/mol. The Balaban J connectivity index is 2.25. The summed E-state index contributed by atoms with van der Waals surface area (Å²) in [6.45, 7) is 12.0. The number of esters is 1. The van der Waals surface area contributed by atoms with Crippen LogP contribution in [0.2, 0.25) is 0 Å². The van der Waals surface area contributed by atoms with Crippen molar-refractivity contribution in [1.82, 2.24) is 9.88 Å². The molecule has 6 heteroatoms. The van der Waals surface area contributed by atoms with Crippen molar-refractivity contribution in [1.29, 1.82) is 0 Å². The van der Waals surface area contributed by atoms with Gasteiger partial charge in [-0.25, -0.2) is 4.79 Å². The third kappa shape index (κ3) is 5.12. The van der Waals surface area contributed by atoms with Crippen LogP contribution in [-0.2, 0) is 20.8 Å². The van der Waals surface area contributed by atoms with Gasteiger partial charge in [0.2, 0.25) is 5.91 Å². The van der Waals surface area contributed by atoms with Crippen molar-refractivity contribution in [3.8, 4) is 0 Å². The second kappa shape index (κ2) is 9.93. The van der Waals surface area contributed by atoms with Crippen LogP contribution in [-0.4, -0.2) is 47.6 Å².